The van der Waals surface area contributed by atoms with Gasteiger partial charge in [0.2, 0.25) is 5.24 Å². The zero-order valence-corrected chi connectivity index (χ0v) is 20.6. The van der Waals surface area contributed by atoms with Crippen LogP contribution in [0.1, 0.15) is 47.6 Å². The molecule has 4 rings (SSSR count). The molecular formula is C27H24ClF6NO2. The quantitative estimate of drug-likeness (QED) is 0.197. The molecule has 0 saturated heterocycles. The molecule has 0 bridgehead atoms. The average molecular weight is 544 g/mol. The fourth-order valence-electron chi connectivity index (χ4n) is 4.59. The zero-order chi connectivity index (χ0) is 27.0. The maximum absolute atomic E-state index is 13.0. The van der Waals surface area contributed by atoms with Gasteiger partial charge in [-0.15, -0.1) is 0 Å². The van der Waals surface area contributed by atoms with Gasteiger partial charge in [0, 0.05) is 6.54 Å². The first kappa shape index (κ1) is 27.1. The first-order valence-electron chi connectivity index (χ1n) is 11.7. The van der Waals surface area contributed by atoms with Gasteiger partial charge in [-0.2, -0.15) is 26.3 Å². The van der Waals surface area contributed by atoms with Gasteiger partial charge in [0.15, 0.2) is 0 Å². The van der Waals surface area contributed by atoms with Crippen LogP contribution >= 0.6 is 11.6 Å². The molecule has 1 heterocycles. The van der Waals surface area contributed by atoms with Crippen LogP contribution < -0.4 is 4.74 Å². The van der Waals surface area contributed by atoms with Crippen LogP contribution in [0, 0.1) is 0 Å². The van der Waals surface area contributed by atoms with Gasteiger partial charge in [0.25, 0.3) is 0 Å². The standard InChI is InChI=1S/C27H24ClF6NO2/c1-16-19(15-35-9-8-24(35)25(28)36)5-4-18-13-22(6-7-23(16)18)37-10-2-3-17-11-20(26(29,30)31)14-21(12-17)27(32,33)34/h6-9,11-14,24H,2-5,10,15H2,1H3. The SMILES string of the molecule is CC1=C(CN2C=CC2C(=O)Cl)CCc2cc(OCCCc3cc(C(F)(F)F)cc(C(F)(F)F)c3)ccc21. The number of aryl methyl sites for hydroxylation is 2. The number of carbonyl (C=O) groups is 1. The lowest BCUT2D eigenvalue weighted by Crippen LogP contribution is -2.42. The molecule has 3 nitrogen and oxygen atoms in total. The third-order valence-corrected chi connectivity index (χ3v) is 6.88. The number of rotatable bonds is 8. The highest BCUT2D eigenvalue weighted by molar-refractivity contribution is 6.65. The Morgan fingerprint density at radius 3 is 2.27 bits per heavy atom. The molecule has 10 heteroatoms. The monoisotopic (exact) mass is 543 g/mol. The zero-order valence-electron chi connectivity index (χ0n) is 19.8. The molecule has 1 aliphatic heterocycles. The van der Waals surface area contributed by atoms with E-state index in [1.54, 1.807) is 12.1 Å². The molecular weight excluding hydrogens is 520 g/mol. The van der Waals surface area contributed by atoms with Gasteiger partial charge in [0.1, 0.15) is 11.8 Å². The minimum Gasteiger partial charge on any atom is -0.494 e. The molecule has 1 aliphatic carbocycles. The molecule has 37 heavy (non-hydrogen) atoms. The van der Waals surface area contributed by atoms with Gasteiger partial charge < -0.3 is 9.64 Å². The van der Waals surface area contributed by atoms with Crippen molar-refractivity contribution in [2.24, 2.45) is 0 Å². The first-order chi connectivity index (χ1) is 17.3. The van der Waals surface area contributed by atoms with Crippen LogP contribution in [0.4, 0.5) is 26.3 Å². The predicted molar refractivity (Wildman–Crippen MR) is 128 cm³/mol. The van der Waals surface area contributed by atoms with Gasteiger partial charge in [-0.05, 0) is 115 Å². The van der Waals surface area contributed by atoms with Crippen molar-refractivity contribution in [2.45, 2.75) is 51.0 Å². The number of nitrogens with zero attached hydrogens (tertiary/aromatic N) is 1. The second-order valence-corrected chi connectivity index (χ2v) is 9.55. The van der Waals surface area contributed by atoms with Crippen molar-refractivity contribution in [2.75, 3.05) is 13.2 Å². The fraction of sp³-hybridized carbons (Fsp3) is 0.370. The summed E-state index contributed by atoms with van der Waals surface area (Å²) in [5.74, 6) is 0.591. The molecule has 2 aromatic carbocycles. The van der Waals surface area contributed by atoms with Crippen LogP contribution in [0.5, 0.6) is 5.75 Å². The summed E-state index contributed by atoms with van der Waals surface area (Å²) >= 11 is 5.61. The Bertz CT molecular complexity index is 1220. The molecule has 1 atom stereocenters. The summed E-state index contributed by atoms with van der Waals surface area (Å²) in [5, 5.41) is -0.410. The molecule has 0 radical (unpaired) electrons. The Morgan fingerprint density at radius 2 is 1.70 bits per heavy atom. The van der Waals surface area contributed by atoms with E-state index < -0.39 is 34.8 Å². The van der Waals surface area contributed by atoms with E-state index in [0.29, 0.717) is 12.3 Å². The van der Waals surface area contributed by atoms with E-state index in [0.717, 1.165) is 41.7 Å². The summed E-state index contributed by atoms with van der Waals surface area (Å²) in [5.41, 5.74) is 1.84. The minimum atomic E-state index is -4.86. The number of hydrogen-bond donors (Lipinski definition) is 0. The third kappa shape index (κ3) is 6.32. The lowest BCUT2D eigenvalue weighted by Gasteiger charge is -2.35. The minimum absolute atomic E-state index is 0.0138. The number of ether oxygens (including phenoxy) is 1. The number of alkyl halides is 6. The van der Waals surface area contributed by atoms with Crippen molar-refractivity contribution >= 4 is 22.4 Å². The molecule has 0 fully saturated rings. The predicted octanol–water partition coefficient (Wildman–Crippen LogP) is 7.42. The lowest BCUT2D eigenvalue weighted by molar-refractivity contribution is -0.143. The molecule has 1 unspecified atom stereocenters. The van der Waals surface area contributed by atoms with E-state index in [1.807, 2.05) is 30.2 Å². The summed E-state index contributed by atoms with van der Waals surface area (Å²) in [6.45, 7) is 2.79. The summed E-state index contributed by atoms with van der Waals surface area (Å²) in [6, 6.07) is 6.89. The smallest absolute Gasteiger partial charge is 0.416 e. The topological polar surface area (TPSA) is 29.5 Å². The van der Waals surface area contributed by atoms with E-state index in [4.69, 9.17) is 16.3 Å². The van der Waals surface area contributed by atoms with Crippen LogP contribution in [0.2, 0.25) is 0 Å². The lowest BCUT2D eigenvalue weighted by atomic mass is 9.85. The molecule has 0 saturated carbocycles. The van der Waals surface area contributed by atoms with Gasteiger partial charge in [-0.3, -0.25) is 4.79 Å². The van der Waals surface area contributed by atoms with Crippen molar-refractivity contribution in [1.29, 1.82) is 0 Å². The number of halogens is 7. The van der Waals surface area contributed by atoms with E-state index in [1.165, 1.54) is 5.57 Å². The molecule has 0 N–H and O–H groups in total. The van der Waals surface area contributed by atoms with E-state index in [9.17, 15) is 31.1 Å². The Labute approximate surface area is 215 Å². The van der Waals surface area contributed by atoms with Crippen molar-refractivity contribution in [3.8, 4) is 5.75 Å². The number of hydrogen-bond acceptors (Lipinski definition) is 3. The van der Waals surface area contributed by atoms with E-state index in [2.05, 4.69) is 0 Å². The van der Waals surface area contributed by atoms with Crippen molar-refractivity contribution < 1.29 is 35.9 Å². The largest absolute Gasteiger partial charge is 0.494 e. The van der Waals surface area contributed by atoms with Crippen molar-refractivity contribution in [3.05, 3.63) is 82.1 Å². The normalized spacial score (nSPS) is 17.5. The van der Waals surface area contributed by atoms with Gasteiger partial charge in [-0.1, -0.05) is 6.07 Å². The fourth-order valence-corrected chi connectivity index (χ4v) is 4.79. The third-order valence-electron chi connectivity index (χ3n) is 6.66. The van der Waals surface area contributed by atoms with Gasteiger partial charge in [-0.25, -0.2) is 0 Å². The van der Waals surface area contributed by atoms with Crippen molar-refractivity contribution in [1.82, 2.24) is 4.90 Å². The number of fused-ring (bicyclic) bond motifs is 1. The van der Waals surface area contributed by atoms with Crippen molar-refractivity contribution in [3.63, 3.8) is 0 Å². The van der Waals surface area contributed by atoms with Crippen LogP contribution in [0.15, 0.2) is 54.2 Å². The second kappa shape index (κ2) is 10.4. The summed E-state index contributed by atoms with van der Waals surface area (Å²) < 4.78 is 84.0. The molecule has 198 valence electrons. The van der Waals surface area contributed by atoms with Crippen LogP contribution in [-0.2, 0) is 30.0 Å². The Morgan fingerprint density at radius 1 is 1.03 bits per heavy atom. The van der Waals surface area contributed by atoms with E-state index >= 15 is 0 Å². The summed E-state index contributed by atoms with van der Waals surface area (Å²) in [4.78, 5) is 13.3. The highest BCUT2D eigenvalue weighted by Crippen LogP contribution is 2.37. The second-order valence-electron chi connectivity index (χ2n) is 9.18. The summed E-state index contributed by atoms with van der Waals surface area (Å²) in [6.07, 6.45) is -4.26. The number of carbonyl (C=O) groups excluding carboxylic acids is 1. The summed E-state index contributed by atoms with van der Waals surface area (Å²) in [7, 11) is 0. The molecule has 0 spiro atoms. The highest BCUT2D eigenvalue weighted by atomic mass is 35.5. The average Bonchev–Trinajstić information content (AvgIpc) is 2.79. The van der Waals surface area contributed by atoms with Crippen LogP contribution in [0.3, 0.4) is 0 Å². The number of allylic oxidation sites excluding steroid dienone is 1. The maximum Gasteiger partial charge on any atom is 0.416 e. The van der Waals surface area contributed by atoms with Gasteiger partial charge >= 0.3 is 12.4 Å². The van der Waals surface area contributed by atoms with Crippen LogP contribution in [0.25, 0.3) is 5.57 Å². The molecule has 2 aliphatic rings. The molecule has 0 aromatic heterocycles. The Balaban J connectivity index is 1.37. The number of benzene rings is 2. The Hall–Kier alpha value is -2.94. The maximum atomic E-state index is 13.0. The highest BCUT2D eigenvalue weighted by Gasteiger charge is 2.36. The van der Waals surface area contributed by atoms with E-state index in [-0.39, 0.29) is 31.1 Å². The molecule has 2 aromatic rings. The molecule has 0 amide bonds. The Kier molecular flexibility index (Phi) is 7.65. The van der Waals surface area contributed by atoms with Crippen LogP contribution in [-0.4, -0.2) is 29.3 Å². The first-order valence-corrected chi connectivity index (χ1v) is 12.1. The van der Waals surface area contributed by atoms with Gasteiger partial charge in [0.05, 0.1) is 17.7 Å².